The lowest BCUT2D eigenvalue weighted by Crippen LogP contribution is -2.20. The van der Waals surface area contributed by atoms with Gasteiger partial charge in [-0.1, -0.05) is 53.7 Å². The second kappa shape index (κ2) is 7.00. The fraction of sp³-hybridized carbons (Fsp3) is 0.158. The predicted octanol–water partition coefficient (Wildman–Crippen LogP) is 3.98. The lowest BCUT2D eigenvalue weighted by atomic mass is 10.1. The number of carbonyl (C=O) groups is 1. The summed E-state index contributed by atoms with van der Waals surface area (Å²) in [6, 6.07) is 17.1. The summed E-state index contributed by atoms with van der Waals surface area (Å²) in [6.07, 6.45) is 0. The Kier molecular flexibility index (Phi) is 4.61. The van der Waals surface area contributed by atoms with E-state index >= 15 is 0 Å². The van der Waals surface area contributed by atoms with Gasteiger partial charge in [0.1, 0.15) is 11.4 Å². The van der Waals surface area contributed by atoms with Gasteiger partial charge in [0.25, 0.3) is 5.91 Å². The molecule has 5 nitrogen and oxygen atoms in total. The molecule has 0 radical (unpaired) electrons. The summed E-state index contributed by atoms with van der Waals surface area (Å²) >= 11 is 0. The monoisotopic (exact) mass is 322 g/mol. The number of para-hydroxylation sites is 1. The van der Waals surface area contributed by atoms with Crippen LogP contribution in [0.3, 0.4) is 0 Å². The smallest absolute Gasteiger partial charge is 0.264 e. The van der Waals surface area contributed by atoms with Crippen molar-refractivity contribution >= 4 is 11.8 Å². The number of amides is 1. The van der Waals surface area contributed by atoms with E-state index in [1.165, 1.54) is 0 Å². The molecule has 5 heteroatoms. The van der Waals surface area contributed by atoms with E-state index in [4.69, 9.17) is 9.26 Å². The number of nitrogens with one attached hydrogen (secondary N) is 1. The molecule has 1 heterocycles. The molecular formula is C19H18N2O3. The number of nitrogens with zero attached hydrogens (tertiary/aromatic N) is 1. The predicted molar refractivity (Wildman–Crippen MR) is 92.0 cm³/mol. The molecule has 0 atom stereocenters. The summed E-state index contributed by atoms with van der Waals surface area (Å²) in [4.78, 5) is 12.0. The zero-order valence-electron chi connectivity index (χ0n) is 13.6. The average Bonchev–Trinajstić information content (AvgIpc) is 3.03. The van der Waals surface area contributed by atoms with Gasteiger partial charge in [-0.25, -0.2) is 0 Å². The molecule has 24 heavy (non-hydrogen) atoms. The standard InChI is InChI=1S/C19H18N2O3/c1-13-7-6-8-14(2)19(13)23-12-17(22)20-18-11-16(21-24-18)15-9-4-3-5-10-15/h3-11H,12H2,1-2H3,(H,20,22). The van der Waals surface area contributed by atoms with Crippen LogP contribution in [0.15, 0.2) is 59.1 Å². The molecule has 1 amide bonds. The quantitative estimate of drug-likeness (QED) is 0.772. The minimum Gasteiger partial charge on any atom is -0.483 e. The fourth-order valence-electron chi connectivity index (χ4n) is 2.42. The van der Waals surface area contributed by atoms with Crippen LogP contribution in [0.4, 0.5) is 5.88 Å². The van der Waals surface area contributed by atoms with Crippen LogP contribution in [0, 0.1) is 13.8 Å². The van der Waals surface area contributed by atoms with Crippen molar-refractivity contribution in [1.82, 2.24) is 5.16 Å². The van der Waals surface area contributed by atoms with Crippen LogP contribution < -0.4 is 10.1 Å². The van der Waals surface area contributed by atoms with E-state index in [9.17, 15) is 4.79 Å². The first kappa shape index (κ1) is 15.8. The van der Waals surface area contributed by atoms with Crippen molar-refractivity contribution in [2.45, 2.75) is 13.8 Å². The van der Waals surface area contributed by atoms with E-state index in [1.807, 2.05) is 62.4 Å². The molecule has 0 saturated carbocycles. The van der Waals surface area contributed by atoms with Gasteiger partial charge in [0, 0.05) is 11.6 Å². The number of benzene rings is 2. The zero-order chi connectivity index (χ0) is 16.9. The third-order valence-corrected chi connectivity index (χ3v) is 3.60. The van der Waals surface area contributed by atoms with Crippen molar-refractivity contribution in [3.63, 3.8) is 0 Å². The number of ether oxygens (including phenoxy) is 1. The first-order valence-electron chi connectivity index (χ1n) is 7.64. The van der Waals surface area contributed by atoms with E-state index in [2.05, 4.69) is 10.5 Å². The highest BCUT2D eigenvalue weighted by Crippen LogP contribution is 2.23. The molecule has 1 aromatic heterocycles. The van der Waals surface area contributed by atoms with Gasteiger partial charge >= 0.3 is 0 Å². The first-order valence-corrected chi connectivity index (χ1v) is 7.64. The summed E-state index contributed by atoms with van der Waals surface area (Å²) in [5.74, 6) is 0.729. The van der Waals surface area contributed by atoms with Crippen LogP contribution >= 0.6 is 0 Å². The Labute approximate surface area is 140 Å². The lowest BCUT2D eigenvalue weighted by molar-refractivity contribution is -0.118. The molecule has 0 unspecified atom stereocenters. The lowest BCUT2D eigenvalue weighted by Gasteiger charge is -2.11. The summed E-state index contributed by atoms with van der Waals surface area (Å²) in [7, 11) is 0. The molecule has 1 N–H and O–H groups in total. The van der Waals surface area contributed by atoms with E-state index in [1.54, 1.807) is 6.07 Å². The Morgan fingerprint density at radius 2 is 1.79 bits per heavy atom. The second-order valence-corrected chi connectivity index (χ2v) is 5.50. The SMILES string of the molecule is Cc1cccc(C)c1OCC(=O)Nc1cc(-c2ccccc2)no1. The fourth-order valence-corrected chi connectivity index (χ4v) is 2.42. The average molecular weight is 322 g/mol. The highest BCUT2D eigenvalue weighted by atomic mass is 16.5. The Bertz CT molecular complexity index is 821. The van der Waals surface area contributed by atoms with Crippen LogP contribution in [0.5, 0.6) is 5.75 Å². The van der Waals surface area contributed by atoms with Gasteiger partial charge in [0.15, 0.2) is 6.61 Å². The molecule has 0 spiro atoms. The van der Waals surface area contributed by atoms with Gasteiger partial charge in [-0.2, -0.15) is 0 Å². The van der Waals surface area contributed by atoms with Crippen molar-refractivity contribution in [3.05, 3.63) is 65.7 Å². The van der Waals surface area contributed by atoms with Crippen LogP contribution in [-0.2, 0) is 4.79 Å². The molecule has 0 fully saturated rings. The van der Waals surface area contributed by atoms with Crippen LogP contribution in [0.25, 0.3) is 11.3 Å². The Morgan fingerprint density at radius 3 is 2.50 bits per heavy atom. The van der Waals surface area contributed by atoms with Gasteiger partial charge in [-0.05, 0) is 25.0 Å². The summed E-state index contributed by atoms with van der Waals surface area (Å²) < 4.78 is 10.8. The third-order valence-electron chi connectivity index (χ3n) is 3.60. The molecule has 0 aliphatic carbocycles. The van der Waals surface area contributed by atoms with E-state index in [0.717, 1.165) is 22.4 Å². The highest BCUT2D eigenvalue weighted by Gasteiger charge is 2.11. The van der Waals surface area contributed by atoms with E-state index < -0.39 is 0 Å². The maximum absolute atomic E-state index is 12.0. The summed E-state index contributed by atoms with van der Waals surface area (Å²) in [6.45, 7) is 3.80. The normalized spacial score (nSPS) is 10.4. The number of carbonyl (C=O) groups excluding carboxylic acids is 1. The van der Waals surface area contributed by atoms with Crippen molar-refractivity contribution in [3.8, 4) is 17.0 Å². The molecule has 0 aliphatic rings. The Morgan fingerprint density at radius 1 is 1.08 bits per heavy atom. The third kappa shape index (κ3) is 3.63. The molecular weight excluding hydrogens is 304 g/mol. The first-order chi connectivity index (χ1) is 11.6. The largest absolute Gasteiger partial charge is 0.483 e. The number of hydrogen-bond donors (Lipinski definition) is 1. The van der Waals surface area contributed by atoms with Gasteiger partial charge in [-0.3, -0.25) is 10.1 Å². The van der Waals surface area contributed by atoms with Crippen LogP contribution in [0.2, 0.25) is 0 Å². The van der Waals surface area contributed by atoms with Gasteiger partial charge in [0.05, 0.1) is 0 Å². The highest BCUT2D eigenvalue weighted by molar-refractivity contribution is 5.91. The molecule has 0 bridgehead atoms. The van der Waals surface area contributed by atoms with E-state index in [-0.39, 0.29) is 12.5 Å². The molecule has 2 aromatic carbocycles. The van der Waals surface area contributed by atoms with Gasteiger partial charge < -0.3 is 9.26 Å². The Hall–Kier alpha value is -3.08. The minimum atomic E-state index is -0.298. The van der Waals surface area contributed by atoms with Crippen LogP contribution in [0.1, 0.15) is 11.1 Å². The molecule has 0 saturated heterocycles. The molecule has 122 valence electrons. The van der Waals surface area contributed by atoms with Crippen molar-refractivity contribution < 1.29 is 14.1 Å². The maximum atomic E-state index is 12.0. The Balaban J connectivity index is 1.61. The van der Waals surface area contributed by atoms with Crippen molar-refractivity contribution in [1.29, 1.82) is 0 Å². The summed E-state index contributed by atoms with van der Waals surface area (Å²) in [5, 5.41) is 6.60. The number of rotatable bonds is 5. The van der Waals surface area contributed by atoms with Crippen molar-refractivity contribution in [2.24, 2.45) is 0 Å². The molecule has 0 aliphatic heterocycles. The molecule has 3 rings (SSSR count). The topological polar surface area (TPSA) is 64.4 Å². The molecule has 3 aromatic rings. The van der Waals surface area contributed by atoms with Gasteiger partial charge in [0.2, 0.25) is 5.88 Å². The number of hydrogen-bond acceptors (Lipinski definition) is 4. The van der Waals surface area contributed by atoms with E-state index in [0.29, 0.717) is 11.6 Å². The number of aromatic nitrogens is 1. The number of anilines is 1. The van der Waals surface area contributed by atoms with Crippen molar-refractivity contribution in [2.75, 3.05) is 11.9 Å². The number of aryl methyl sites for hydroxylation is 2. The summed E-state index contributed by atoms with van der Waals surface area (Å²) in [5.41, 5.74) is 3.58. The second-order valence-electron chi connectivity index (χ2n) is 5.50. The van der Waals surface area contributed by atoms with Gasteiger partial charge in [-0.15, -0.1) is 0 Å². The van der Waals surface area contributed by atoms with Crippen LogP contribution in [-0.4, -0.2) is 17.7 Å². The maximum Gasteiger partial charge on any atom is 0.264 e. The zero-order valence-corrected chi connectivity index (χ0v) is 13.6. The minimum absolute atomic E-state index is 0.0902.